The summed E-state index contributed by atoms with van der Waals surface area (Å²) in [5.74, 6) is -1.06. The van der Waals surface area contributed by atoms with E-state index in [0.717, 1.165) is 5.56 Å². The largest absolute Gasteiger partial charge is 0.326 e. The van der Waals surface area contributed by atoms with Gasteiger partial charge in [0.15, 0.2) is 9.84 Å². The molecule has 0 bridgehead atoms. The van der Waals surface area contributed by atoms with E-state index in [-0.39, 0.29) is 28.9 Å². The molecule has 0 fully saturated rings. The van der Waals surface area contributed by atoms with Crippen LogP contribution in [-0.4, -0.2) is 26.0 Å². The molecular weight excluding hydrogens is 340 g/mol. The highest BCUT2D eigenvalue weighted by Gasteiger charge is 2.30. The molecule has 2 aromatic carbocycles. The molecule has 3 rings (SSSR count). The van der Waals surface area contributed by atoms with E-state index in [9.17, 15) is 18.0 Å². The minimum absolute atomic E-state index is 0.0205. The van der Waals surface area contributed by atoms with Crippen molar-refractivity contribution < 1.29 is 18.0 Å². The Hall–Kier alpha value is -2.67. The molecule has 25 heavy (non-hydrogen) atoms. The summed E-state index contributed by atoms with van der Waals surface area (Å²) < 4.78 is 23.6. The van der Waals surface area contributed by atoms with E-state index in [1.54, 1.807) is 31.2 Å². The quantitative estimate of drug-likeness (QED) is 0.878. The van der Waals surface area contributed by atoms with Crippen molar-refractivity contribution >= 4 is 33.0 Å². The fourth-order valence-corrected chi connectivity index (χ4v) is 3.67. The fourth-order valence-electron chi connectivity index (χ4n) is 2.79. The molecule has 0 unspecified atom stereocenters. The molecule has 130 valence electrons. The fraction of sp³-hybridized carbons (Fsp3) is 0.222. The zero-order chi connectivity index (χ0) is 18.0. The average molecular weight is 358 g/mol. The van der Waals surface area contributed by atoms with E-state index in [1.165, 1.54) is 12.1 Å². The highest BCUT2D eigenvalue weighted by molar-refractivity contribution is 7.91. The van der Waals surface area contributed by atoms with Crippen LogP contribution in [0.25, 0.3) is 0 Å². The second kappa shape index (κ2) is 6.68. The summed E-state index contributed by atoms with van der Waals surface area (Å²) in [6.45, 7) is 1.58. The average Bonchev–Trinajstić information content (AvgIpc) is 2.61. The second-order valence-corrected chi connectivity index (χ2v) is 8.09. The van der Waals surface area contributed by atoms with Crippen molar-refractivity contribution in [1.82, 2.24) is 0 Å². The van der Waals surface area contributed by atoms with Crippen molar-refractivity contribution in [2.24, 2.45) is 0 Å². The van der Waals surface area contributed by atoms with Crippen molar-refractivity contribution in [3.63, 3.8) is 0 Å². The van der Waals surface area contributed by atoms with Crippen LogP contribution in [0.5, 0.6) is 0 Å². The van der Waals surface area contributed by atoms with E-state index in [0.29, 0.717) is 11.4 Å². The first-order valence-electron chi connectivity index (χ1n) is 7.93. The summed E-state index contributed by atoms with van der Waals surface area (Å²) in [4.78, 5) is 24.6. The maximum Gasteiger partial charge on any atom is 0.232 e. The van der Waals surface area contributed by atoms with Gasteiger partial charge in [0, 0.05) is 17.8 Å². The Labute approximate surface area is 146 Å². The summed E-state index contributed by atoms with van der Waals surface area (Å²) in [5.41, 5.74) is 1.90. The van der Waals surface area contributed by atoms with Gasteiger partial charge in [0.2, 0.25) is 11.8 Å². The Morgan fingerprint density at radius 2 is 1.84 bits per heavy atom. The molecule has 0 spiro atoms. The lowest BCUT2D eigenvalue weighted by Crippen LogP contribution is -2.30. The third-order valence-electron chi connectivity index (χ3n) is 4.18. The Morgan fingerprint density at radius 1 is 1.16 bits per heavy atom. The maximum atomic E-state index is 12.6. The van der Waals surface area contributed by atoms with E-state index in [4.69, 9.17) is 0 Å². The number of benzene rings is 2. The van der Waals surface area contributed by atoms with Crippen LogP contribution >= 0.6 is 0 Å². The summed E-state index contributed by atoms with van der Waals surface area (Å²) in [6, 6.07) is 13.2. The lowest BCUT2D eigenvalue weighted by molar-refractivity contribution is -0.123. The molecule has 1 aliphatic rings. The van der Waals surface area contributed by atoms with E-state index in [1.807, 2.05) is 12.1 Å². The lowest BCUT2D eigenvalue weighted by Gasteiger charge is -2.24. The molecular formula is C18H18N2O4S. The highest BCUT2D eigenvalue weighted by Crippen LogP contribution is 2.32. The van der Waals surface area contributed by atoms with Crippen LogP contribution in [0.3, 0.4) is 0 Å². The van der Waals surface area contributed by atoms with Crippen LogP contribution in [0, 0.1) is 0 Å². The minimum Gasteiger partial charge on any atom is -0.326 e. The van der Waals surface area contributed by atoms with Gasteiger partial charge in [-0.25, -0.2) is 8.42 Å². The molecule has 7 heteroatoms. The SMILES string of the molecule is CCS(=O)(=O)c1ccc(NC(=O)[C@@H]2CC(=O)Nc3ccccc32)cc1. The zero-order valence-corrected chi connectivity index (χ0v) is 14.5. The van der Waals surface area contributed by atoms with Crippen LogP contribution in [0.1, 0.15) is 24.8 Å². The van der Waals surface area contributed by atoms with Gasteiger partial charge >= 0.3 is 0 Å². The van der Waals surface area contributed by atoms with Crippen LogP contribution in [0.15, 0.2) is 53.4 Å². The molecule has 0 saturated carbocycles. The van der Waals surface area contributed by atoms with Gasteiger partial charge in [-0.05, 0) is 35.9 Å². The maximum absolute atomic E-state index is 12.6. The normalized spacial score (nSPS) is 16.7. The minimum atomic E-state index is -3.28. The Bertz CT molecular complexity index is 920. The van der Waals surface area contributed by atoms with E-state index >= 15 is 0 Å². The summed E-state index contributed by atoms with van der Waals surface area (Å²) in [5, 5.41) is 5.51. The number of fused-ring (bicyclic) bond motifs is 1. The summed E-state index contributed by atoms with van der Waals surface area (Å²) >= 11 is 0. The number of hydrogen-bond donors (Lipinski definition) is 2. The number of carbonyl (C=O) groups is 2. The zero-order valence-electron chi connectivity index (χ0n) is 13.7. The first-order chi connectivity index (χ1) is 11.9. The number of anilines is 2. The molecule has 6 nitrogen and oxygen atoms in total. The molecule has 1 atom stereocenters. The van der Waals surface area contributed by atoms with Gasteiger partial charge < -0.3 is 10.6 Å². The first kappa shape index (κ1) is 17.2. The summed E-state index contributed by atoms with van der Waals surface area (Å²) in [6.07, 6.45) is 0.0745. The number of hydrogen-bond acceptors (Lipinski definition) is 4. The van der Waals surface area contributed by atoms with Gasteiger partial charge in [-0.1, -0.05) is 25.1 Å². The standard InChI is InChI=1S/C18H18N2O4S/c1-2-25(23,24)13-9-7-12(8-10-13)19-18(22)15-11-17(21)20-16-6-4-3-5-14(15)16/h3-10,15H,2,11H2,1H3,(H,19,22)(H,20,21)/t15-/m1/s1. The van der Waals surface area contributed by atoms with Crippen molar-refractivity contribution in [2.75, 3.05) is 16.4 Å². The Kier molecular flexibility index (Phi) is 4.59. The Morgan fingerprint density at radius 3 is 2.52 bits per heavy atom. The third-order valence-corrected chi connectivity index (χ3v) is 5.93. The number of carbonyl (C=O) groups excluding carboxylic acids is 2. The van der Waals surface area contributed by atoms with Crippen molar-refractivity contribution in [3.8, 4) is 0 Å². The van der Waals surface area contributed by atoms with Gasteiger partial charge in [-0.2, -0.15) is 0 Å². The molecule has 1 heterocycles. The summed E-state index contributed by atoms with van der Waals surface area (Å²) in [7, 11) is -3.28. The molecule has 2 amide bonds. The number of para-hydroxylation sites is 1. The predicted octanol–water partition coefficient (Wildman–Crippen LogP) is 2.54. The molecule has 1 aliphatic heterocycles. The Balaban J connectivity index is 1.80. The predicted molar refractivity (Wildman–Crippen MR) is 95.2 cm³/mol. The number of sulfone groups is 1. The van der Waals surface area contributed by atoms with Gasteiger partial charge in [0.05, 0.1) is 16.6 Å². The smallest absolute Gasteiger partial charge is 0.232 e. The molecule has 2 N–H and O–H groups in total. The number of amides is 2. The molecule has 0 aliphatic carbocycles. The topological polar surface area (TPSA) is 92.3 Å². The molecule has 0 saturated heterocycles. The van der Waals surface area contributed by atoms with Crippen molar-refractivity contribution in [3.05, 3.63) is 54.1 Å². The highest BCUT2D eigenvalue weighted by atomic mass is 32.2. The second-order valence-electron chi connectivity index (χ2n) is 5.81. The van der Waals surface area contributed by atoms with Crippen LogP contribution in [-0.2, 0) is 19.4 Å². The van der Waals surface area contributed by atoms with Crippen molar-refractivity contribution in [1.29, 1.82) is 0 Å². The van der Waals surface area contributed by atoms with Crippen LogP contribution < -0.4 is 10.6 Å². The monoisotopic (exact) mass is 358 g/mol. The molecule has 0 radical (unpaired) electrons. The van der Waals surface area contributed by atoms with Gasteiger partial charge in [-0.15, -0.1) is 0 Å². The number of rotatable bonds is 4. The first-order valence-corrected chi connectivity index (χ1v) is 9.58. The number of nitrogens with one attached hydrogen (secondary N) is 2. The van der Waals surface area contributed by atoms with Crippen molar-refractivity contribution in [2.45, 2.75) is 24.2 Å². The third kappa shape index (κ3) is 3.56. The van der Waals surface area contributed by atoms with Gasteiger partial charge in [0.25, 0.3) is 0 Å². The van der Waals surface area contributed by atoms with Gasteiger partial charge in [0.1, 0.15) is 0 Å². The van der Waals surface area contributed by atoms with Crippen LogP contribution in [0.2, 0.25) is 0 Å². The molecule has 0 aromatic heterocycles. The van der Waals surface area contributed by atoms with Gasteiger partial charge in [-0.3, -0.25) is 9.59 Å². The lowest BCUT2D eigenvalue weighted by atomic mass is 9.90. The van der Waals surface area contributed by atoms with E-state index in [2.05, 4.69) is 10.6 Å². The van der Waals surface area contributed by atoms with Crippen LogP contribution in [0.4, 0.5) is 11.4 Å². The molecule has 2 aromatic rings. The van der Waals surface area contributed by atoms with E-state index < -0.39 is 15.8 Å².